The van der Waals surface area contributed by atoms with E-state index in [2.05, 4.69) is 41.7 Å². The first kappa shape index (κ1) is 13.3. The fraction of sp³-hybridized carbons (Fsp3) is 0.294. The average molecular weight is 270 g/mol. The number of fused-ring (bicyclic) bond motifs is 1. The quantitative estimate of drug-likeness (QED) is 0.920. The lowest BCUT2D eigenvalue weighted by Gasteiger charge is -2.13. The number of rotatable bonds is 4. The van der Waals surface area contributed by atoms with E-state index in [9.17, 15) is 0 Å². The summed E-state index contributed by atoms with van der Waals surface area (Å²) in [6.45, 7) is 3.06. The summed E-state index contributed by atoms with van der Waals surface area (Å²) in [4.78, 5) is 0. The van der Waals surface area contributed by atoms with E-state index in [-0.39, 0.29) is 6.29 Å². The van der Waals surface area contributed by atoms with Crippen LogP contribution in [0.15, 0.2) is 54.6 Å². The fourth-order valence-electron chi connectivity index (χ4n) is 2.39. The van der Waals surface area contributed by atoms with Crippen molar-refractivity contribution < 1.29 is 14.8 Å². The third-order valence-corrected chi connectivity index (χ3v) is 3.55. The van der Waals surface area contributed by atoms with Gasteiger partial charge in [-0.2, -0.15) is 0 Å². The van der Waals surface area contributed by atoms with E-state index in [1.807, 2.05) is 18.2 Å². The lowest BCUT2D eigenvalue weighted by molar-refractivity contribution is -0.683. The lowest BCUT2D eigenvalue weighted by atomic mass is 10.1. The normalized spacial score (nSPS) is 15.6. The van der Waals surface area contributed by atoms with Gasteiger partial charge >= 0.3 is 0 Å². The largest absolute Gasteiger partial charge is 0.343 e. The molecule has 3 nitrogen and oxygen atoms in total. The van der Waals surface area contributed by atoms with Crippen LogP contribution < -0.4 is 5.32 Å². The molecule has 0 fully saturated rings. The molecular formula is C17H20NO2+. The highest BCUT2D eigenvalue weighted by molar-refractivity contribution is 5.26. The molecule has 0 saturated heterocycles. The van der Waals surface area contributed by atoms with Crippen LogP contribution in [0.3, 0.4) is 0 Å². The molecule has 1 heterocycles. The molecule has 0 amide bonds. The Morgan fingerprint density at radius 2 is 1.45 bits per heavy atom. The first-order valence-corrected chi connectivity index (χ1v) is 7.07. The molecule has 3 rings (SSSR count). The second kappa shape index (κ2) is 6.66. The van der Waals surface area contributed by atoms with Gasteiger partial charge in [0.25, 0.3) is 0 Å². The predicted octanol–water partition coefficient (Wildman–Crippen LogP) is 1.82. The van der Waals surface area contributed by atoms with Crippen molar-refractivity contribution in [1.82, 2.24) is 0 Å². The SMILES string of the molecule is c1ccc(C[NH2+]CC2OCc3ccccc3CO2)cc1. The van der Waals surface area contributed by atoms with Gasteiger partial charge in [-0.05, 0) is 11.1 Å². The smallest absolute Gasteiger partial charge is 0.208 e. The van der Waals surface area contributed by atoms with Crippen molar-refractivity contribution in [3.63, 3.8) is 0 Å². The molecule has 1 aliphatic heterocycles. The van der Waals surface area contributed by atoms with Crippen LogP contribution in [-0.4, -0.2) is 12.8 Å². The molecule has 0 unspecified atom stereocenters. The van der Waals surface area contributed by atoms with Gasteiger partial charge in [0.15, 0.2) is 0 Å². The van der Waals surface area contributed by atoms with Crippen molar-refractivity contribution >= 4 is 0 Å². The summed E-state index contributed by atoms with van der Waals surface area (Å²) >= 11 is 0. The summed E-state index contributed by atoms with van der Waals surface area (Å²) in [6.07, 6.45) is -0.133. The number of hydrogen-bond donors (Lipinski definition) is 1. The molecule has 0 radical (unpaired) electrons. The number of quaternary nitrogens is 1. The van der Waals surface area contributed by atoms with E-state index in [0.29, 0.717) is 13.2 Å². The third kappa shape index (κ3) is 3.45. The molecule has 2 aromatic rings. The summed E-state index contributed by atoms with van der Waals surface area (Å²) in [7, 11) is 0. The van der Waals surface area contributed by atoms with Gasteiger partial charge < -0.3 is 14.8 Å². The van der Waals surface area contributed by atoms with E-state index >= 15 is 0 Å². The van der Waals surface area contributed by atoms with E-state index < -0.39 is 0 Å². The minimum Gasteiger partial charge on any atom is -0.343 e. The first-order chi connectivity index (χ1) is 9.92. The number of ether oxygens (including phenoxy) is 2. The Kier molecular flexibility index (Phi) is 4.43. The molecule has 2 aromatic carbocycles. The van der Waals surface area contributed by atoms with E-state index in [1.54, 1.807) is 0 Å². The number of benzene rings is 2. The van der Waals surface area contributed by atoms with Crippen LogP contribution in [0.4, 0.5) is 0 Å². The standard InChI is InChI=1S/C17H19NO2/c1-2-6-14(7-3-1)10-18-11-17-19-12-15-8-4-5-9-16(15)13-20-17/h1-9,17-18H,10-13H2/p+1. The molecule has 0 saturated carbocycles. The van der Waals surface area contributed by atoms with E-state index in [4.69, 9.17) is 9.47 Å². The Bertz CT molecular complexity index is 515. The molecule has 2 N–H and O–H groups in total. The molecule has 0 aliphatic carbocycles. The highest BCUT2D eigenvalue weighted by atomic mass is 16.7. The second-order valence-electron chi connectivity index (χ2n) is 5.03. The molecule has 0 atom stereocenters. The first-order valence-electron chi connectivity index (χ1n) is 7.07. The lowest BCUT2D eigenvalue weighted by Crippen LogP contribution is -2.85. The predicted molar refractivity (Wildman–Crippen MR) is 76.7 cm³/mol. The van der Waals surface area contributed by atoms with Gasteiger partial charge in [-0.1, -0.05) is 54.6 Å². The maximum atomic E-state index is 5.81. The maximum Gasteiger partial charge on any atom is 0.208 e. The third-order valence-electron chi connectivity index (χ3n) is 3.55. The molecular weight excluding hydrogens is 250 g/mol. The summed E-state index contributed by atoms with van der Waals surface area (Å²) < 4.78 is 11.6. The maximum absolute atomic E-state index is 5.81. The van der Waals surface area contributed by atoms with Gasteiger partial charge in [-0.15, -0.1) is 0 Å². The molecule has 3 heteroatoms. The Labute approximate surface area is 119 Å². The molecule has 0 bridgehead atoms. The summed E-state index contributed by atoms with van der Waals surface area (Å²) in [5.41, 5.74) is 3.79. The van der Waals surface area contributed by atoms with Crippen LogP contribution in [-0.2, 0) is 29.2 Å². The van der Waals surface area contributed by atoms with Crippen molar-refractivity contribution in [1.29, 1.82) is 0 Å². The van der Waals surface area contributed by atoms with Crippen LogP contribution in [0, 0.1) is 0 Å². The van der Waals surface area contributed by atoms with E-state index in [0.717, 1.165) is 13.1 Å². The minimum atomic E-state index is -0.133. The van der Waals surface area contributed by atoms with Crippen molar-refractivity contribution in [3.05, 3.63) is 71.3 Å². The Balaban J connectivity index is 1.48. The van der Waals surface area contributed by atoms with Gasteiger partial charge in [-0.3, -0.25) is 0 Å². The van der Waals surface area contributed by atoms with Gasteiger partial charge in [0.2, 0.25) is 6.29 Å². The molecule has 20 heavy (non-hydrogen) atoms. The number of nitrogens with two attached hydrogens (primary N) is 1. The van der Waals surface area contributed by atoms with Crippen molar-refractivity contribution in [2.45, 2.75) is 26.0 Å². The Morgan fingerprint density at radius 1 is 0.850 bits per heavy atom. The highest BCUT2D eigenvalue weighted by Gasteiger charge is 2.17. The monoisotopic (exact) mass is 270 g/mol. The molecule has 0 spiro atoms. The summed E-state index contributed by atoms with van der Waals surface area (Å²) in [6, 6.07) is 18.8. The van der Waals surface area contributed by atoms with Gasteiger partial charge in [0.05, 0.1) is 13.2 Å². The van der Waals surface area contributed by atoms with Crippen LogP contribution in [0.5, 0.6) is 0 Å². The zero-order valence-corrected chi connectivity index (χ0v) is 11.5. The molecule has 0 aromatic heterocycles. The van der Waals surface area contributed by atoms with E-state index in [1.165, 1.54) is 16.7 Å². The molecule has 1 aliphatic rings. The van der Waals surface area contributed by atoms with Crippen molar-refractivity contribution in [2.75, 3.05) is 6.54 Å². The highest BCUT2D eigenvalue weighted by Crippen LogP contribution is 2.17. The van der Waals surface area contributed by atoms with Crippen LogP contribution in [0.1, 0.15) is 16.7 Å². The summed E-state index contributed by atoms with van der Waals surface area (Å²) in [5, 5.41) is 2.23. The Hall–Kier alpha value is -1.68. The minimum absolute atomic E-state index is 0.133. The van der Waals surface area contributed by atoms with Crippen LogP contribution >= 0.6 is 0 Å². The fourth-order valence-corrected chi connectivity index (χ4v) is 2.39. The number of hydrogen-bond acceptors (Lipinski definition) is 2. The van der Waals surface area contributed by atoms with Crippen LogP contribution in [0.25, 0.3) is 0 Å². The van der Waals surface area contributed by atoms with Crippen molar-refractivity contribution in [2.24, 2.45) is 0 Å². The van der Waals surface area contributed by atoms with Gasteiger partial charge in [-0.25, -0.2) is 0 Å². The zero-order valence-electron chi connectivity index (χ0n) is 11.5. The average Bonchev–Trinajstić information content (AvgIpc) is 2.71. The van der Waals surface area contributed by atoms with Crippen molar-refractivity contribution in [3.8, 4) is 0 Å². The second-order valence-corrected chi connectivity index (χ2v) is 5.03. The topological polar surface area (TPSA) is 35.1 Å². The Morgan fingerprint density at radius 3 is 2.10 bits per heavy atom. The van der Waals surface area contributed by atoms with Gasteiger partial charge in [0, 0.05) is 5.56 Å². The van der Waals surface area contributed by atoms with Gasteiger partial charge in [0.1, 0.15) is 13.1 Å². The molecule has 104 valence electrons. The van der Waals surface area contributed by atoms with Crippen LogP contribution in [0.2, 0.25) is 0 Å². The summed E-state index contributed by atoms with van der Waals surface area (Å²) in [5.74, 6) is 0. The zero-order chi connectivity index (χ0) is 13.6.